The molecule has 0 aliphatic carbocycles. The van der Waals surface area contributed by atoms with Gasteiger partial charge in [0.1, 0.15) is 0 Å². The third-order valence-corrected chi connectivity index (χ3v) is 4.23. The Kier molecular flexibility index (Phi) is 21.7. The van der Waals surface area contributed by atoms with Gasteiger partial charge < -0.3 is 10.2 Å². The van der Waals surface area contributed by atoms with Crippen molar-refractivity contribution in [1.29, 1.82) is 0 Å². The van der Waals surface area contributed by atoms with Gasteiger partial charge in [-0.3, -0.25) is 0 Å². The van der Waals surface area contributed by atoms with Crippen molar-refractivity contribution in [1.82, 2.24) is 0 Å². The third kappa shape index (κ3) is 15.9. The van der Waals surface area contributed by atoms with E-state index in [2.05, 4.69) is 41.5 Å². The molecule has 0 radical (unpaired) electrons. The summed E-state index contributed by atoms with van der Waals surface area (Å²) in [6, 6.07) is 0. The largest absolute Gasteiger partial charge is 2.00 e. The minimum absolute atomic E-state index is 0. The zero-order valence-corrected chi connectivity index (χ0v) is 18.4. The fraction of sp³-hybridized carbons (Fsp3) is 1.00. The first-order valence-corrected chi connectivity index (χ1v) is 9.77. The smallest absolute Gasteiger partial charge is 0.849 e. The molecular formula is C20H42MgO2. The fourth-order valence-electron chi connectivity index (χ4n) is 3.48. The fourth-order valence-corrected chi connectivity index (χ4v) is 3.48. The van der Waals surface area contributed by atoms with Crippen LogP contribution < -0.4 is 10.2 Å². The van der Waals surface area contributed by atoms with Crippen LogP contribution in [0.2, 0.25) is 0 Å². The Hall–Kier alpha value is 0.686. The van der Waals surface area contributed by atoms with Gasteiger partial charge >= 0.3 is 23.1 Å². The molecule has 2 nitrogen and oxygen atoms in total. The second-order valence-electron chi connectivity index (χ2n) is 6.87. The van der Waals surface area contributed by atoms with Crippen LogP contribution >= 0.6 is 0 Å². The van der Waals surface area contributed by atoms with E-state index < -0.39 is 11.2 Å². The van der Waals surface area contributed by atoms with Crippen LogP contribution in [0.3, 0.4) is 0 Å². The van der Waals surface area contributed by atoms with Gasteiger partial charge in [0.2, 0.25) is 0 Å². The molecule has 0 aliphatic rings. The van der Waals surface area contributed by atoms with Crippen molar-refractivity contribution in [3.8, 4) is 0 Å². The Morgan fingerprint density at radius 2 is 0.565 bits per heavy atom. The average molecular weight is 339 g/mol. The molecule has 0 aromatic carbocycles. The third-order valence-electron chi connectivity index (χ3n) is 4.23. The molecule has 0 unspecified atom stereocenters. The molecule has 136 valence electrons. The maximum atomic E-state index is 11.9. The molecule has 0 atom stereocenters. The predicted molar refractivity (Wildman–Crippen MR) is 101 cm³/mol. The van der Waals surface area contributed by atoms with Gasteiger partial charge in [-0.2, -0.15) is 0 Å². The molecule has 0 saturated carbocycles. The standard InChI is InChI=1S/2C10H21O.Mg/c2*1-4-7-10(11,8-5-2)9-6-3;/h2*4-9H2,1-3H3;/q2*-1;+2. The van der Waals surface area contributed by atoms with Crippen molar-refractivity contribution < 1.29 is 10.2 Å². The Bertz CT molecular complexity index is 174. The summed E-state index contributed by atoms with van der Waals surface area (Å²) in [5, 5.41) is 23.8. The molecule has 0 aliphatic heterocycles. The Morgan fingerprint density at radius 3 is 0.652 bits per heavy atom. The Balaban J connectivity index is -0.000000333. The van der Waals surface area contributed by atoms with Crippen molar-refractivity contribution >= 4 is 23.1 Å². The van der Waals surface area contributed by atoms with Crippen LogP contribution in [-0.2, 0) is 0 Å². The van der Waals surface area contributed by atoms with Gasteiger partial charge in [-0.1, -0.05) is 119 Å². The second kappa shape index (κ2) is 17.5. The van der Waals surface area contributed by atoms with Crippen LogP contribution in [0.15, 0.2) is 0 Å². The van der Waals surface area contributed by atoms with Gasteiger partial charge in [0.05, 0.1) is 0 Å². The summed E-state index contributed by atoms with van der Waals surface area (Å²) >= 11 is 0. The molecule has 0 heterocycles. The second-order valence-corrected chi connectivity index (χ2v) is 6.87. The van der Waals surface area contributed by atoms with Gasteiger partial charge in [-0.15, -0.1) is 11.2 Å². The van der Waals surface area contributed by atoms with E-state index in [-0.39, 0.29) is 23.1 Å². The van der Waals surface area contributed by atoms with E-state index in [0.717, 1.165) is 77.0 Å². The Morgan fingerprint density at radius 1 is 0.435 bits per heavy atom. The van der Waals surface area contributed by atoms with E-state index in [9.17, 15) is 10.2 Å². The maximum absolute atomic E-state index is 11.9. The summed E-state index contributed by atoms with van der Waals surface area (Å²) in [6.45, 7) is 12.6. The van der Waals surface area contributed by atoms with Crippen LogP contribution in [0.5, 0.6) is 0 Å². The zero-order chi connectivity index (χ0) is 17.5. The van der Waals surface area contributed by atoms with Gasteiger partial charge in [0.15, 0.2) is 0 Å². The van der Waals surface area contributed by atoms with E-state index in [1.54, 1.807) is 0 Å². The summed E-state index contributed by atoms with van der Waals surface area (Å²) in [6.07, 6.45) is 11.3. The van der Waals surface area contributed by atoms with E-state index in [1.165, 1.54) is 0 Å². The van der Waals surface area contributed by atoms with Crippen molar-refractivity contribution in [3.05, 3.63) is 0 Å². The summed E-state index contributed by atoms with van der Waals surface area (Å²) in [7, 11) is 0. The van der Waals surface area contributed by atoms with Crippen LogP contribution in [0, 0.1) is 0 Å². The van der Waals surface area contributed by atoms with Crippen molar-refractivity contribution in [2.24, 2.45) is 0 Å². The SMILES string of the molecule is CCCC([O-])(CCC)CCC.CCCC([O-])(CCC)CCC.[Mg+2]. The molecule has 0 fully saturated rings. The molecule has 23 heavy (non-hydrogen) atoms. The maximum Gasteiger partial charge on any atom is 2.00 e. The van der Waals surface area contributed by atoms with E-state index in [4.69, 9.17) is 0 Å². The summed E-state index contributed by atoms with van der Waals surface area (Å²) < 4.78 is 0. The van der Waals surface area contributed by atoms with Gasteiger partial charge in [-0.05, 0) is 0 Å². The van der Waals surface area contributed by atoms with E-state index in [0.29, 0.717) is 0 Å². The molecule has 0 aromatic heterocycles. The first-order valence-electron chi connectivity index (χ1n) is 9.77. The molecule has 0 amide bonds. The topological polar surface area (TPSA) is 46.1 Å². The average Bonchev–Trinajstić information content (AvgIpc) is 2.40. The van der Waals surface area contributed by atoms with Gasteiger partial charge in [0.25, 0.3) is 0 Å². The predicted octanol–water partition coefficient (Wildman–Crippen LogP) is 4.59. The van der Waals surface area contributed by atoms with Crippen molar-refractivity contribution in [3.63, 3.8) is 0 Å². The molecular weight excluding hydrogens is 297 g/mol. The van der Waals surface area contributed by atoms with Crippen LogP contribution in [0.4, 0.5) is 0 Å². The number of hydrogen-bond acceptors (Lipinski definition) is 2. The van der Waals surface area contributed by atoms with E-state index >= 15 is 0 Å². The number of hydrogen-bond donors (Lipinski definition) is 0. The molecule has 0 aromatic rings. The van der Waals surface area contributed by atoms with Crippen LogP contribution in [-0.4, -0.2) is 34.3 Å². The molecule has 3 heteroatoms. The number of rotatable bonds is 12. The summed E-state index contributed by atoms with van der Waals surface area (Å²) in [5.41, 5.74) is -1.20. The van der Waals surface area contributed by atoms with Gasteiger partial charge in [-0.25, -0.2) is 0 Å². The Labute approximate surface area is 163 Å². The zero-order valence-electron chi connectivity index (χ0n) is 17.0. The normalized spacial score (nSPS) is 11.5. The monoisotopic (exact) mass is 338 g/mol. The minimum atomic E-state index is -0.599. The van der Waals surface area contributed by atoms with Crippen molar-refractivity contribution in [2.75, 3.05) is 0 Å². The summed E-state index contributed by atoms with van der Waals surface area (Å²) in [4.78, 5) is 0. The van der Waals surface area contributed by atoms with Crippen LogP contribution in [0.25, 0.3) is 0 Å². The molecule has 0 saturated heterocycles. The van der Waals surface area contributed by atoms with E-state index in [1.807, 2.05) is 0 Å². The molecule has 0 rings (SSSR count). The first kappa shape index (κ1) is 28.5. The van der Waals surface area contributed by atoms with Crippen molar-refractivity contribution in [2.45, 2.75) is 130 Å². The first-order chi connectivity index (χ1) is 10.4. The molecule has 0 bridgehead atoms. The quantitative estimate of drug-likeness (QED) is 0.488. The van der Waals surface area contributed by atoms with Gasteiger partial charge in [0, 0.05) is 0 Å². The molecule has 0 N–H and O–H groups in total. The minimum Gasteiger partial charge on any atom is -0.849 e. The molecule has 0 spiro atoms. The van der Waals surface area contributed by atoms with Crippen LogP contribution in [0.1, 0.15) is 119 Å². The summed E-state index contributed by atoms with van der Waals surface area (Å²) in [5.74, 6) is 0.